The number of aryl methyl sites for hydroxylation is 2. The van der Waals surface area contributed by atoms with Crippen LogP contribution in [0.15, 0.2) is 36.7 Å². The molecule has 3 rings (SSSR count). The predicted molar refractivity (Wildman–Crippen MR) is 106 cm³/mol. The number of ether oxygens (including phenoxy) is 1. The second kappa shape index (κ2) is 9.92. The molecule has 1 amide bonds. The SMILES string of the molecule is Cc1ccc(C(N)C(=O)N2CCOC(Cn3cc(C)cn3)C2)cc1.Cl.Cl. The van der Waals surface area contributed by atoms with Crippen molar-refractivity contribution >= 4 is 30.7 Å². The van der Waals surface area contributed by atoms with Crippen LogP contribution in [-0.2, 0) is 16.1 Å². The van der Waals surface area contributed by atoms with Gasteiger partial charge >= 0.3 is 0 Å². The summed E-state index contributed by atoms with van der Waals surface area (Å²) in [5.41, 5.74) is 9.28. The lowest BCUT2D eigenvalue weighted by Crippen LogP contribution is -2.49. The van der Waals surface area contributed by atoms with Crippen LogP contribution >= 0.6 is 24.8 Å². The molecule has 2 unspecified atom stereocenters. The second-order valence-electron chi connectivity index (χ2n) is 6.41. The molecule has 8 heteroatoms. The Bertz CT molecular complexity index is 705. The first kappa shape index (κ1) is 22.4. The fraction of sp³-hybridized carbons (Fsp3) is 0.444. The minimum absolute atomic E-state index is 0. The van der Waals surface area contributed by atoms with Crippen LogP contribution in [0.5, 0.6) is 0 Å². The molecule has 0 aliphatic carbocycles. The van der Waals surface area contributed by atoms with Gasteiger partial charge in [-0.2, -0.15) is 5.10 Å². The Kier molecular flexibility index (Phi) is 8.56. The van der Waals surface area contributed by atoms with E-state index in [9.17, 15) is 4.79 Å². The highest BCUT2D eigenvalue weighted by Crippen LogP contribution is 2.17. The summed E-state index contributed by atoms with van der Waals surface area (Å²) in [7, 11) is 0. The van der Waals surface area contributed by atoms with Crippen molar-refractivity contribution in [3.8, 4) is 0 Å². The molecule has 0 spiro atoms. The normalized spacial score (nSPS) is 17.8. The molecule has 0 saturated carbocycles. The van der Waals surface area contributed by atoms with Crippen molar-refractivity contribution in [2.24, 2.45) is 5.73 Å². The Morgan fingerprint density at radius 3 is 2.58 bits per heavy atom. The number of amides is 1. The van der Waals surface area contributed by atoms with E-state index in [2.05, 4.69) is 5.10 Å². The number of rotatable bonds is 4. The number of nitrogens with two attached hydrogens (primary N) is 1. The number of hydrogen-bond donors (Lipinski definition) is 1. The van der Waals surface area contributed by atoms with Crippen LogP contribution in [0.3, 0.4) is 0 Å². The summed E-state index contributed by atoms with van der Waals surface area (Å²) in [6.45, 7) is 6.29. The first-order valence-corrected chi connectivity index (χ1v) is 8.24. The van der Waals surface area contributed by atoms with Gasteiger partial charge in [-0.05, 0) is 25.0 Å². The van der Waals surface area contributed by atoms with Gasteiger partial charge in [0.2, 0.25) is 5.91 Å². The Hall–Kier alpha value is -1.60. The standard InChI is InChI=1S/C18H24N4O2.2ClH/c1-13-3-5-15(6-4-13)17(19)18(23)21-7-8-24-16(11-21)12-22-10-14(2)9-20-22;;/h3-6,9-10,16-17H,7-8,11-12,19H2,1-2H3;2*1H. The van der Waals surface area contributed by atoms with Crippen LogP contribution in [0, 0.1) is 13.8 Å². The van der Waals surface area contributed by atoms with Gasteiger partial charge in [0.05, 0.1) is 25.5 Å². The highest BCUT2D eigenvalue weighted by Gasteiger charge is 2.28. The van der Waals surface area contributed by atoms with Crippen LogP contribution in [0.2, 0.25) is 0 Å². The molecule has 1 aromatic carbocycles. The lowest BCUT2D eigenvalue weighted by molar-refractivity contribution is -0.140. The van der Waals surface area contributed by atoms with Crippen molar-refractivity contribution in [3.63, 3.8) is 0 Å². The molecule has 26 heavy (non-hydrogen) atoms. The Balaban J connectivity index is 0.00000169. The van der Waals surface area contributed by atoms with Crippen molar-refractivity contribution in [2.45, 2.75) is 32.5 Å². The Morgan fingerprint density at radius 1 is 1.27 bits per heavy atom. The predicted octanol–water partition coefficient (Wildman–Crippen LogP) is 2.27. The molecular formula is C18H26Cl2N4O2. The van der Waals surface area contributed by atoms with Gasteiger partial charge in [0.1, 0.15) is 6.04 Å². The molecule has 1 aliphatic heterocycles. The summed E-state index contributed by atoms with van der Waals surface area (Å²) in [5, 5.41) is 4.28. The van der Waals surface area contributed by atoms with Crippen molar-refractivity contribution in [1.29, 1.82) is 0 Å². The third-order valence-corrected chi connectivity index (χ3v) is 4.31. The lowest BCUT2D eigenvalue weighted by atomic mass is 10.0. The molecule has 2 aromatic rings. The number of carbonyl (C=O) groups is 1. The molecule has 1 saturated heterocycles. The topological polar surface area (TPSA) is 73.4 Å². The van der Waals surface area contributed by atoms with Gasteiger partial charge in [0.25, 0.3) is 0 Å². The average Bonchev–Trinajstić information content (AvgIpc) is 2.99. The van der Waals surface area contributed by atoms with Crippen LogP contribution in [0.25, 0.3) is 0 Å². The van der Waals surface area contributed by atoms with E-state index in [0.717, 1.165) is 16.7 Å². The first-order valence-electron chi connectivity index (χ1n) is 8.24. The highest BCUT2D eigenvalue weighted by molar-refractivity contribution is 5.85. The fourth-order valence-corrected chi connectivity index (χ4v) is 2.92. The number of benzene rings is 1. The molecule has 6 nitrogen and oxygen atoms in total. The molecule has 1 aliphatic rings. The van der Waals surface area contributed by atoms with Gasteiger partial charge in [-0.1, -0.05) is 29.8 Å². The van der Waals surface area contributed by atoms with Crippen molar-refractivity contribution in [2.75, 3.05) is 19.7 Å². The summed E-state index contributed by atoms with van der Waals surface area (Å²) < 4.78 is 7.63. The molecule has 2 atom stereocenters. The Labute approximate surface area is 166 Å². The molecule has 2 heterocycles. The summed E-state index contributed by atoms with van der Waals surface area (Å²) in [5.74, 6) is -0.0520. The number of halogens is 2. The largest absolute Gasteiger partial charge is 0.373 e. The van der Waals surface area contributed by atoms with E-state index in [4.69, 9.17) is 10.5 Å². The maximum Gasteiger partial charge on any atom is 0.244 e. The van der Waals surface area contributed by atoms with E-state index in [0.29, 0.717) is 26.2 Å². The second-order valence-corrected chi connectivity index (χ2v) is 6.41. The van der Waals surface area contributed by atoms with Crippen molar-refractivity contribution in [3.05, 3.63) is 53.3 Å². The zero-order valence-corrected chi connectivity index (χ0v) is 16.6. The third kappa shape index (κ3) is 5.45. The van der Waals surface area contributed by atoms with Crippen molar-refractivity contribution < 1.29 is 9.53 Å². The summed E-state index contributed by atoms with van der Waals surface area (Å²) >= 11 is 0. The molecular weight excluding hydrogens is 375 g/mol. The number of aromatic nitrogens is 2. The van der Waals surface area contributed by atoms with E-state index in [1.165, 1.54) is 0 Å². The van der Waals surface area contributed by atoms with E-state index in [1.54, 1.807) is 4.90 Å². The minimum atomic E-state index is -0.628. The monoisotopic (exact) mass is 400 g/mol. The van der Waals surface area contributed by atoms with Gasteiger partial charge in [-0.25, -0.2) is 0 Å². The molecule has 144 valence electrons. The number of hydrogen-bond acceptors (Lipinski definition) is 4. The van der Waals surface area contributed by atoms with Crippen LogP contribution in [-0.4, -0.2) is 46.4 Å². The van der Waals surface area contributed by atoms with Gasteiger partial charge in [-0.15, -0.1) is 24.8 Å². The highest BCUT2D eigenvalue weighted by atomic mass is 35.5. The van der Waals surface area contributed by atoms with Crippen molar-refractivity contribution in [1.82, 2.24) is 14.7 Å². The summed E-state index contributed by atoms with van der Waals surface area (Å²) in [4.78, 5) is 14.5. The molecule has 2 N–H and O–H groups in total. The van der Waals surface area contributed by atoms with Gasteiger partial charge in [0.15, 0.2) is 0 Å². The quantitative estimate of drug-likeness (QED) is 0.853. The minimum Gasteiger partial charge on any atom is -0.373 e. The molecule has 0 bridgehead atoms. The van der Waals surface area contributed by atoms with Gasteiger partial charge in [-0.3, -0.25) is 9.48 Å². The van der Waals surface area contributed by atoms with E-state index in [-0.39, 0.29) is 36.8 Å². The van der Waals surface area contributed by atoms with Gasteiger partial charge < -0.3 is 15.4 Å². The average molecular weight is 401 g/mol. The smallest absolute Gasteiger partial charge is 0.244 e. The molecule has 1 aromatic heterocycles. The number of morpholine rings is 1. The van der Waals surface area contributed by atoms with Gasteiger partial charge in [0, 0.05) is 19.3 Å². The van der Waals surface area contributed by atoms with Crippen LogP contribution in [0.4, 0.5) is 0 Å². The first-order chi connectivity index (χ1) is 11.5. The number of carbonyl (C=O) groups excluding carboxylic acids is 1. The maximum atomic E-state index is 12.7. The van der Waals surface area contributed by atoms with E-state index in [1.807, 2.05) is 55.2 Å². The molecule has 0 radical (unpaired) electrons. The summed E-state index contributed by atoms with van der Waals surface area (Å²) in [6.07, 6.45) is 3.73. The Morgan fingerprint density at radius 2 is 1.96 bits per heavy atom. The van der Waals surface area contributed by atoms with Crippen LogP contribution in [0.1, 0.15) is 22.7 Å². The fourth-order valence-electron chi connectivity index (χ4n) is 2.92. The van der Waals surface area contributed by atoms with E-state index < -0.39 is 6.04 Å². The zero-order chi connectivity index (χ0) is 17.1. The van der Waals surface area contributed by atoms with Crippen LogP contribution < -0.4 is 5.73 Å². The van der Waals surface area contributed by atoms with E-state index >= 15 is 0 Å². The summed E-state index contributed by atoms with van der Waals surface area (Å²) in [6, 6.07) is 7.16. The zero-order valence-electron chi connectivity index (χ0n) is 15.0. The molecule has 1 fully saturated rings. The number of nitrogens with zero attached hydrogens (tertiary/aromatic N) is 3. The maximum absolute atomic E-state index is 12.7. The third-order valence-electron chi connectivity index (χ3n) is 4.31. The lowest BCUT2D eigenvalue weighted by Gasteiger charge is -2.34.